The Bertz CT molecular complexity index is 68.0. The third-order valence-corrected chi connectivity index (χ3v) is 0.762. The van der Waals surface area contributed by atoms with Crippen molar-refractivity contribution in [3.63, 3.8) is 0 Å². The van der Waals surface area contributed by atoms with Crippen molar-refractivity contribution in [3.8, 4) is 0 Å². The molecule has 0 spiro atoms. The van der Waals surface area contributed by atoms with Gasteiger partial charge >= 0.3 is 29.6 Å². The van der Waals surface area contributed by atoms with Gasteiger partial charge in [-0.15, -0.1) is 0 Å². The van der Waals surface area contributed by atoms with E-state index in [1.54, 1.807) is 0 Å². The first-order valence-electron chi connectivity index (χ1n) is 3.01. The quantitative estimate of drug-likeness (QED) is 0.298. The van der Waals surface area contributed by atoms with E-state index in [0.717, 1.165) is 6.29 Å². The van der Waals surface area contributed by atoms with Crippen LogP contribution >= 0.6 is 0 Å². The van der Waals surface area contributed by atoms with Gasteiger partial charge in [0, 0.05) is 6.61 Å². The molecule has 0 amide bonds. The van der Waals surface area contributed by atoms with Gasteiger partial charge in [-0.05, 0) is 6.92 Å². The first-order chi connectivity index (χ1) is 4.41. The predicted molar refractivity (Wildman–Crippen MR) is 40.5 cm³/mol. The van der Waals surface area contributed by atoms with E-state index in [-0.39, 0.29) is 36.2 Å². The summed E-state index contributed by atoms with van der Waals surface area (Å²) in [7, 11) is 0. The second-order valence-corrected chi connectivity index (χ2v) is 1.44. The molecule has 4 heteroatoms. The van der Waals surface area contributed by atoms with E-state index >= 15 is 0 Å². The normalized spacial score (nSPS) is 8.50. The van der Waals surface area contributed by atoms with Crippen LogP contribution in [0.1, 0.15) is 6.92 Å². The molecule has 0 bridgehead atoms. The molecule has 0 aromatic carbocycles. The fourth-order valence-corrected chi connectivity index (χ4v) is 0.394. The molecule has 0 aliphatic rings. The summed E-state index contributed by atoms with van der Waals surface area (Å²) in [4.78, 5) is 9.67. The molecule has 0 saturated heterocycles. The van der Waals surface area contributed by atoms with Crippen LogP contribution in [0.5, 0.6) is 0 Å². The van der Waals surface area contributed by atoms with Gasteiger partial charge in [0.25, 0.3) is 0 Å². The second kappa shape index (κ2) is 12.3. The summed E-state index contributed by atoms with van der Waals surface area (Å²) in [5.74, 6) is 0. The zero-order valence-electron chi connectivity index (χ0n) is 5.63. The SMILES string of the molecule is CCOCCOCC=O.[NaH]. The molecule has 0 aromatic rings. The van der Waals surface area contributed by atoms with E-state index in [1.807, 2.05) is 6.92 Å². The van der Waals surface area contributed by atoms with Crippen molar-refractivity contribution in [2.24, 2.45) is 0 Å². The molecule has 0 aliphatic carbocycles. The maximum absolute atomic E-state index is 9.67. The number of ether oxygens (including phenoxy) is 2. The number of rotatable bonds is 6. The zero-order valence-corrected chi connectivity index (χ0v) is 5.63. The zero-order chi connectivity index (χ0) is 6.95. The Balaban J connectivity index is 0. The summed E-state index contributed by atoms with van der Waals surface area (Å²) in [6.45, 7) is 3.87. The van der Waals surface area contributed by atoms with Gasteiger partial charge in [-0.2, -0.15) is 0 Å². The molecule has 3 nitrogen and oxygen atoms in total. The van der Waals surface area contributed by atoms with Crippen LogP contribution in [0.25, 0.3) is 0 Å². The maximum atomic E-state index is 9.67. The number of carbonyl (C=O) groups is 1. The summed E-state index contributed by atoms with van der Waals surface area (Å²) >= 11 is 0. The van der Waals surface area contributed by atoms with Crippen molar-refractivity contribution in [1.29, 1.82) is 0 Å². The summed E-state index contributed by atoms with van der Waals surface area (Å²) < 4.78 is 9.73. The van der Waals surface area contributed by atoms with Crippen molar-refractivity contribution in [2.75, 3.05) is 26.4 Å². The molecule has 0 saturated carbocycles. The fourth-order valence-electron chi connectivity index (χ4n) is 0.394. The van der Waals surface area contributed by atoms with Crippen LogP contribution in [-0.2, 0) is 14.3 Å². The Morgan fingerprint density at radius 2 is 1.90 bits per heavy atom. The molecule has 0 radical (unpaired) electrons. The minimum atomic E-state index is 0. The van der Waals surface area contributed by atoms with Crippen molar-refractivity contribution < 1.29 is 14.3 Å². The topological polar surface area (TPSA) is 35.5 Å². The third kappa shape index (κ3) is 11.4. The standard InChI is InChI=1S/C6H12O3.Na.H/c1-2-8-5-6-9-4-3-7;;/h3H,2,4-6H2,1H3;;. The van der Waals surface area contributed by atoms with Crippen LogP contribution in [0.4, 0.5) is 0 Å². The average molecular weight is 156 g/mol. The van der Waals surface area contributed by atoms with E-state index in [2.05, 4.69) is 0 Å². The molecule has 0 aromatic heterocycles. The Kier molecular flexibility index (Phi) is 16.2. The molecule has 0 aliphatic heterocycles. The van der Waals surface area contributed by atoms with E-state index in [4.69, 9.17) is 9.47 Å². The van der Waals surface area contributed by atoms with Crippen LogP contribution in [0.2, 0.25) is 0 Å². The number of aldehydes is 1. The summed E-state index contributed by atoms with van der Waals surface area (Å²) in [6.07, 6.45) is 0.728. The van der Waals surface area contributed by atoms with Gasteiger partial charge in [0.15, 0.2) is 0 Å². The predicted octanol–water partition coefficient (Wildman–Crippen LogP) is -0.410. The van der Waals surface area contributed by atoms with Gasteiger partial charge in [0.1, 0.15) is 12.9 Å². The first-order valence-corrected chi connectivity index (χ1v) is 3.01. The Morgan fingerprint density at radius 1 is 1.30 bits per heavy atom. The van der Waals surface area contributed by atoms with Crippen molar-refractivity contribution in [2.45, 2.75) is 6.92 Å². The average Bonchev–Trinajstić information content (AvgIpc) is 1.89. The fraction of sp³-hybridized carbons (Fsp3) is 0.833. The van der Waals surface area contributed by atoms with E-state index in [9.17, 15) is 4.79 Å². The van der Waals surface area contributed by atoms with Gasteiger partial charge in [0.2, 0.25) is 0 Å². The van der Waals surface area contributed by atoms with Crippen LogP contribution in [0, 0.1) is 0 Å². The van der Waals surface area contributed by atoms with Crippen molar-refractivity contribution in [1.82, 2.24) is 0 Å². The summed E-state index contributed by atoms with van der Waals surface area (Å²) in [5, 5.41) is 0. The molecular formula is C6H13NaO3. The van der Waals surface area contributed by atoms with Crippen LogP contribution < -0.4 is 0 Å². The number of hydrogen-bond donors (Lipinski definition) is 0. The van der Waals surface area contributed by atoms with Crippen molar-refractivity contribution in [3.05, 3.63) is 0 Å². The number of hydrogen-bond acceptors (Lipinski definition) is 3. The Hall–Kier alpha value is 0.590. The molecule has 56 valence electrons. The van der Waals surface area contributed by atoms with Crippen molar-refractivity contribution >= 4 is 35.8 Å². The van der Waals surface area contributed by atoms with E-state index < -0.39 is 0 Å². The molecule has 0 fully saturated rings. The van der Waals surface area contributed by atoms with E-state index in [0.29, 0.717) is 19.8 Å². The van der Waals surface area contributed by atoms with Gasteiger partial charge in [0.05, 0.1) is 13.2 Å². The van der Waals surface area contributed by atoms with Gasteiger partial charge in [-0.1, -0.05) is 0 Å². The van der Waals surface area contributed by atoms with Crippen LogP contribution in [0.3, 0.4) is 0 Å². The first kappa shape index (κ1) is 13.2. The minimum absolute atomic E-state index is 0. The summed E-state index contributed by atoms with van der Waals surface area (Å²) in [5.41, 5.74) is 0. The molecule has 0 rings (SSSR count). The third-order valence-electron chi connectivity index (χ3n) is 0.762. The number of carbonyl (C=O) groups excluding carboxylic acids is 1. The Morgan fingerprint density at radius 3 is 2.40 bits per heavy atom. The van der Waals surface area contributed by atoms with Gasteiger partial charge in [-0.3, -0.25) is 0 Å². The molecule has 0 atom stereocenters. The van der Waals surface area contributed by atoms with Crippen LogP contribution in [-0.4, -0.2) is 62.3 Å². The molecule has 0 heterocycles. The molecule has 0 N–H and O–H groups in total. The second-order valence-electron chi connectivity index (χ2n) is 1.44. The Labute approximate surface area is 83.4 Å². The molecular weight excluding hydrogens is 143 g/mol. The molecule has 0 unspecified atom stereocenters. The monoisotopic (exact) mass is 156 g/mol. The van der Waals surface area contributed by atoms with Crippen LogP contribution in [0.15, 0.2) is 0 Å². The van der Waals surface area contributed by atoms with Gasteiger partial charge < -0.3 is 14.3 Å². The summed E-state index contributed by atoms with van der Waals surface area (Å²) in [6, 6.07) is 0. The van der Waals surface area contributed by atoms with E-state index in [1.165, 1.54) is 0 Å². The molecule has 10 heavy (non-hydrogen) atoms. The van der Waals surface area contributed by atoms with Gasteiger partial charge in [-0.25, -0.2) is 0 Å².